The van der Waals surface area contributed by atoms with E-state index in [0.717, 1.165) is 32.9 Å². The molecular formula is C9H12I2N2O. The number of nitrogens with zero attached hydrogens (tertiary/aromatic N) is 2. The number of unbranched alkanes of at least 4 members (excludes halogenated alkanes) is 2. The van der Waals surface area contributed by atoms with Gasteiger partial charge in [0.1, 0.15) is 0 Å². The molecule has 0 unspecified atom stereocenters. The molecule has 0 aliphatic heterocycles. The van der Waals surface area contributed by atoms with E-state index in [4.69, 9.17) is 0 Å². The average molecular weight is 418 g/mol. The summed E-state index contributed by atoms with van der Waals surface area (Å²) in [6, 6.07) is 0. The van der Waals surface area contributed by atoms with Crippen LogP contribution >= 0.6 is 45.2 Å². The SMILES string of the molecule is CCCCCn1ncc(I)c(I)c1=O. The summed E-state index contributed by atoms with van der Waals surface area (Å²) < 4.78 is 3.26. The van der Waals surface area contributed by atoms with Gasteiger partial charge in [-0.25, -0.2) is 4.68 Å². The lowest BCUT2D eigenvalue weighted by atomic mass is 10.2. The first-order chi connectivity index (χ1) is 6.66. The standard InChI is InChI=1S/C9H12I2N2O/c1-2-3-4-5-13-9(14)8(11)7(10)6-12-13/h6H,2-5H2,1H3. The van der Waals surface area contributed by atoms with Crippen LogP contribution in [-0.4, -0.2) is 9.78 Å². The molecule has 0 amide bonds. The van der Waals surface area contributed by atoms with Crippen molar-refractivity contribution in [2.75, 3.05) is 0 Å². The van der Waals surface area contributed by atoms with E-state index in [0.29, 0.717) is 0 Å². The Kier molecular flexibility index (Phi) is 5.35. The monoisotopic (exact) mass is 418 g/mol. The van der Waals surface area contributed by atoms with Gasteiger partial charge in [-0.2, -0.15) is 5.10 Å². The lowest BCUT2D eigenvalue weighted by Crippen LogP contribution is -2.25. The van der Waals surface area contributed by atoms with Crippen LogP contribution in [0.4, 0.5) is 0 Å². The van der Waals surface area contributed by atoms with E-state index in [1.807, 2.05) is 0 Å². The molecule has 1 heterocycles. The van der Waals surface area contributed by atoms with Gasteiger partial charge in [0.25, 0.3) is 5.56 Å². The fourth-order valence-corrected chi connectivity index (χ4v) is 1.89. The highest BCUT2D eigenvalue weighted by atomic mass is 127. The fraction of sp³-hybridized carbons (Fsp3) is 0.556. The fourth-order valence-electron chi connectivity index (χ4n) is 1.12. The van der Waals surface area contributed by atoms with Crippen LogP contribution in [0.2, 0.25) is 0 Å². The first-order valence-corrected chi connectivity index (χ1v) is 6.73. The van der Waals surface area contributed by atoms with Gasteiger partial charge in [0.2, 0.25) is 0 Å². The second kappa shape index (κ2) is 6.04. The molecule has 0 atom stereocenters. The summed E-state index contributed by atoms with van der Waals surface area (Å²) in [5.41, 5.74) is 0.0357. The van der Waals surface area contributed by atoms with Gasteiger partial charge in [-0.15, -0.1) is 0 Å². The van der Waals surface area contributed by atoms with Crippen molar-refractivity contribution in [2.45, 2.75) is 32.7 Å². The second-order valence-corrected chi connectivity index (χ2v) is 5.28. The lowest BCUT2D eigenvalue weighted by Gasteiger charge is -2.04. The molecule has 1 aromatic rings. The Morgan fingerprint density at radius 3 is 2.79 bits per heavy atom. The Morgan fingerprint density at radius 2 is 2.14 bits per heavy atom. The number of aromatic nitrogens is 2. The summed E-state index contributed by atoms with van der Waals surface area (Å²) in [4.78, 5) is 11.7. The average Bonchev–Trinajstić information content (AvgIpc) is 2.18. The quantitative estimate of drug-likeness (QED) is 0.557. The van der Waals surface area contributed by atoms with Gasteiger partial charge >= 0.3 is 0 Å². The van der Waals surface area contributed by atoms with Crippen LogP contribution in [0.1, 0.15) is 26.2 Å². The molecule has 0 radical (unpaired) electrons. The Hall–Kier alpha value is 0.340. The normalized spacial score (nSPS) is 10.5. The minimum atomic E-state index is 0.0357. The van der Waals surface area contributed by atoms with E-state index in [1.165, 1.54) is 0 Å². The van der Waals surface area contributed by atoms with Crippen molar-refractivity contribution in [3.8, 4) is 0 Å². The van der Waals surface area contributed by atoms with Gasteiger partial charge in [-0.05, 0) is 51.6 Å². The summed E-state index contributed by atoms with van der Waals surface area (Å²) in [5, 5.41) is 4.10. The topological polar surface area (TPSA) is 34.9 Å². The lowest BCUT2D eigenvalue weighted by molar-refractivity contribution is 0.525. The minimum absolute atomic E-state index is 0.0357. The summed E-state index contributed by atoms with van der Waals surface area (Å²) in [7, 11) is 0. The summed E-state index contributed by atoms with van der Waals surface area (Å²) in [6.45, 7) is 2.88. The molecule has 0 aromatic carbocycles. The van der Waals surface area contributed by atoms with Crippen LogP contribution < -0.4 is 5.56 Å². The third-order valence-electron chi connectivity index (χ3n) is 1.92. The largest absolute Gasteiger partial charge is 0.281 e. The highest BCUT2D eigenvalue weighted by Gasteiger charge is 2.05. The van der Waals surface area contributed by atoms with Crippen LogP contribution in [0.5, 0.6) is 0 Å². The zero-order valence-corrected chi connectivity index (χ0v) is 12.3. The van der Waals surface area contributed by atoms with Crippen LogP contribution in [0.3, 0.4) is 0 Å². The van der Waals surface area contributed by atoms with E-state index in [2.05, 4.69) is 57.2 Å². The smallest absolute Gasteiger partial charge is 0.267 e. The highest BCUT2D eigenvalue weighted by Crippen LogP contribution is 2.08. The number of hydrogen-bond donors (Lipinski definition) is 0. The molecule has 0 spiro atoms. The van der Waals surface area contributed by atoms with Crippen LogP contribution in [0.15, 0.2) is 11.0 Å². The number of aryl methyl sites for hydroxylation is 1. The molecule has 1 aromatic heterocycles. The maximum absolute atomic E-state index is 11.7. The summed E-state index contributed by atoms with van der Waals surface area (Å²) >= 11 is 4.20. The zero-order chi connectivity index (χ0) is 10.6. The molecule has 0 fully saturated rings. The molecule has 0 aliphatic rings. The molecule has 0 N–H and O–H groups in total. The summed E-state index contributed by atoms with van der Waals surface area (Å²) in [6.07, 6.45) is 5.09. The van der Waals surface area contributed by atoms with Gasteiger partial charge in [-0.1, -0.05) is 19.8 Å². The Morgan fingerprint density at radius 1 is 1.43 bits per heavy atom. The van der Waals surface area contributed by atoms with E-state index in [1.54, 1.807) is 10.9 Å². The van der Waals surface area contributed by atoms with Crippen molar-refractivity contribution in [1.29, 1.82) is 0 Å². The second-order valence-electron chi connectivity index (χ2n) is 3.04. The van der Waals surface area contributed by atoms with Crippen molar-refractivity contribution in [1.82, 2.24) is 9.78 Å². The van der Waals surface area contributed by atoms with Crippen LogP contribution in [0.25, 0.3) is 0 Å². The maximum Gasteiger partial charge on any atom is 0.281 e. The van der Waals surface area contributed by atoms with Crippen molar-refractivity contribution in [3.05, 3.63) is 23.7 Å². The molecule has 3 nitrogen and oxygen atoms in total. The van der Waals surface area contributed by atoms with Gasteiger partial charge in [0.15, 0.2) is 0 Å². The molecular weight excluding hydrogens is 406 g/mol. The number of halogens is 2. The number of rotatable bonds is 4. The first kappa shape index (κ1) is 12.4. The molecule has 78 valence electrons. The van der Waals surface area contributed by atoms with E-state index in [9.17, 15) is 4.79 Å². The third-order valence-corrected chi connectivity index (χ3v) is 4.81. The Balaban J connectivity index is 2.79. The molecule has 14 heavy (non-hydrogen) atoms. The van der Waals surface area contributed by atoms with Crippen molar-refractivity contribution < 1.29 is 0 Å². The molecule has 0 aliphatic carbocycles. The van der Waals surface area contributed by atoms with Crippen molar-refractivity contribution in [3.63, 3.8) is 0 Å². The molecule has 0 saturated heterocycles. The van der Waals surface area contributed by atoms with Gasteiger partial charge in [0.05, 0.1) is 13.3 Å². The van der Waals surface area contributed by atoms with Crippen molar-refractivity contribution >= 4 is 45.2 Å². The van der Waals surface area contributed by atoms with Crippen LogP contribution in [-0.2, 0) is 6.54 Å². The summed E-state index contributed by atoms with van der Waals surface area (Å²) in [5.74, 6) is 0. The van der Waals surface area contributed by atoms with E-state index >= 15 is 0 Å². The predicted molar refractivity (Wildman–Crippen MR) is 73.5 cm³/mol. The zero-order valence-electron chi connectivity index (χ0n) is 7.96. The number of hydrogen-bond acceptors (Lipinski definition) is 2. The van der Waals surface area contributed by atoms with Crippen LogP contribution in [0, 0.1) is 7.14 Å². The highest BCUT2D eigenvalue weighted by molar-refractivity contribution is 14.1. The molecule has 1 rings (SSSR count). The minimum Gasteiger partial charge on any atom is -0.267 e. The maximum atomic E-state index is 11.7. The molecule has 0 bridgehead atoms. The first-order valence-electron chi connectivity index (χ1n) is 4.58. The Labute approximate surface area is 111 Å². The van der Waals surface area contributed by atoms with E-state index in [-0.39, 0.29) is 5.56 Å². The van der Waals surface area contributed by atoms with Gasteiger partial charge < -0.3 is 0 Å². The van der Waals surface area contributed by atoms with Gasteiger partial charge in [0, 0.05) is 6.54 Å². The molecule has 5 heteroatoms. The van der Waals surface area contributed by atoms with Gasteiger partial charge in [-0.3, -0.25) is 4.79 Å². The van der Waals surface area contributed by atoms with E-state index < -0.39 is 0 Å². The third kappa shape index (κ3) is 3.18. The Bertz CT molecular complexity index is 362. The molecule has 0 saturated carbocycles. The predicted octanol–water partition coefficient (Wildman–Crippen LogP) is 2.64. The van der Waals surface area contributed by atoms with Crippen molar-refractivity contribution in [2.24, 2.45) is 0 Å².